The van der Waals surface area contributed by atoms with E-state index in [1.54, 1.807) is 27.4 Å². The Labute approximate surface area is 111 Å². The molecule has 0 atom stereocenters. The number of anilines is 1. The Hall–Kier alpha value is -2.21. The van der Waals surface area contributed by atoms with Crippen molar-refractivity contribution in [2.75, 3.05) is 27.1 Å². The van der Waals surface area contributed by atoms with Gasteiger partial charge >= 0.3 is 0 Å². The fourth-order valence-corrected chi connectivity index (χ4v) is 2.00. The van der Waals surface area contributed by atoms with Crippen molar-refractivity contribution in [2.24, 2.45) is 0 Å². The van der Waals surface area contributed by atoms with Crippen LogP contribution >= 0.6 is 0 Å². The number of nitrogens with one attached hydrogen (secondary N) is 1. The maximum Gasteiger partial charge on any atom is 0.170 e. The van der Waals surface area contributed by atoms with Gasteiger partial charge in [0.2, 0.25) is 0 Å². The van der Waals surface area contributed by atoms with E-state index in [2.05, 4.69) is 10.2 Å². The average molecular weight is 263 g/mol. The molecule has 0 radical (unpaired) electrons. The summed E-state index contributed by atoms with van der Waals surface area (Å²) in [5, 5.41) is 6.82. The van der Waals surface area contributed by atoms with E-state index in [4.69, 9.17) is 19.9 Å². The van der Waals surface area contributed by atoms with Crippen LogP contribution in [0.2, 0.25) is 0 Å². The minimum absolute atomic E-state index is 0.420. The van der Waals surface area contributed by atoms with Gasteiger partial charge in [-0.15, -0.1) is 0 Å². The zero-order chi connectivity index (χ0) is 13.8. The van der Waals surface area contributed by atoms with Gasteiger partial charge in [-0.05, 0) is 11.6 Å². The van der Waals surface area contributed by atoms with Crippen molar-refractivity contribution in [3.05, 3.63) is 23.8 Å². The molecule has 19 heavy (non-hydrogen) atoms. The van der Waals surface area contributed by atoms with Crippen molar-refractivity contribution in [2.45, 2.75) is 6.61 Å². The number of ether oxygens (including phenoxy) is 3. The Morgan fingerprint density at radius 2 is 2.00 bits per heavy atom. The summed E-state index contributed by atoms with van der Waals surface area (Å²) in [6.45, 7) is 0.453. The van der Waals surface area contributed by atoms with Crippen LogP contribution in [0.15, 0.2) is 18.2 Å². The molecule has 1 heterocycles. The maximum absolute atomic E-state index is 5.66. The van der Waals surface area contributed by atoms with Gasteiger partial charge in [0.25, 0.3) is 0 Å². The van der Waals surface area contributed by atoms with Crippen LogP contribution in [0.1, 0.15) is 5.56 Å². The van der Waals surface area contributed by atoms with Crippen LogP contribution in [0, 0.1) is 0 Å². The molecule has 1 aromatic heterocycles. The summed E-state index contributed by atoms with van der Waals surface area (Å²) >= 11 is 0. The Balaban J connectivity index is 2.64. The van der Waals surface area contributed by atoms with Crippen molar-refractivity contribution in [1.82, 2.24) is 10.2 Å². The zero-order valence-corrected chi connectivity index (χ0v) is 11.2. The molecular formula is C13H17N3O3. The predicted molar refractivity (Wildman–Crippen MR) is 72.3 cm³/mol. The molecule has 6 heteroatoms. The molecule has 0 aliphatic carbocycles. The van der Waals surface area contributed by atoms with Crippen molar-refractivity contribution in [3.8, 4) is 22.8 Å². The van der Waals surface area contributed by atoms with Gasteiger partial charge in [-0.2, -0.15) is 5.10 Å². The van der Waals surface area contributed by atoms with E-state index < -0.39 is 0 Å². The predicted octanol–water partition coefficient (Wildman–Crippen LogP) is 1.82. The second-order valence-corrected chi connectivity index (χ2v) is 3.97. The SMILES string of the molecule is COCc1ccc(OC)c(OC)c1-c1cc(N)n[nH]1. The molecule has 0 fully saturated rings. The molecular weight excluding hydrogens is 246 g/mol. The van der Waals surface area contributed by atoms with Crippen LogP contribution < -0.4 is 15.2 Å². The highest BCUT2D eigenvalue weighted by Gasteiger charge is 2.18. The van der Waals surface area contributed by atoms with E-state index in [0.29, 0.717) is 23.9 Å². The number of nitrogens with two attached hydrogens (primary N) is 1. The fraction of sp³-hybridized carbons (Fsp3) is 0.308. The average Bonchev–Trinajstić information content (AvgIpc) is 2.84. The van der Waals surface area contributed by atoms with E-state index in [0.717, 1.165) is 16.8 Å². The van der Waals surface area contributed by atoms with Gasteiger partial charge in [0.15, 0.2) is 11.5 Å². The normalized spacial score (nSPS) is 10.5. The summed E-state index contributed by atoms with van der Waals surface area (Å²) in [6, 6.07) is 5.52. The van der Waals surface area contributed by atoms with Gasteiger partial charge in [-0.25, -0.2) is 0 Å². The molecule has 0 bridgehead atoms. The van der Waals surface area contributed by atoms with E-state index >= 15 is 0 Å². The highest BCUT2D eigenvalue weighted by molar-refractivity contribution is 5.76. The Morgan fingerprint density at radius 3 is 2.53 bits per heavy atom. The standard InChI is InChI=1S/C13H17N3O3/c1-17-7-8-4-5-10(18-2)13(19-3)12(8)9-6-11(14)16-15-9/h4-6H,7H2,1-3H3,(H3,14,15,16). The summed E-state index contributed by atoms with van der Waals surface area (Å²) in [4.78, 5) is 0. The van der Waals surface area contributed by atoms with E-state index in [9.17, 15) is 0 Å². The van der Waals surface area contributed by atoms with Crippen molar-refractivity contribution in [1.29, 1.82) is 0 Å². The number of hydrogen-bond donors (Lipinski definition) is 2. The molecule has 0 aliphatic rings. The number of aromatic amines is 1. The van der Waals surface area contributed by atoms with Gasteiger partial charge in [0.1, 0.15) is 5.82 Å². The molecule has 1 aromatic carbocycles. The molecule has 2 aromatic rings. The Morgan fingerprint density at radius 1 is 1.21 bits per heavy atom. The summed E-state index contributed by atoms with van der Waals surface area (Å²) in [5.41, 5.74) is 8.22. The van der Waals surface area contributed by atoms with E-state index in [1.165, 1.54) is 0 Å². The smallest absolute Gasteiger partial charge is 0.170 e. The van der Waals surface area contributed by atoms with Gasteiger partial charge < -0.3 is 19.9 Å². The first kappa shape index (κ1) is 13.2. The fourth-order valence-electron chi connectivity index (χ4n) is 2.00. The number of nitrogen functional groups attached to an aromatic ring is 1. The molecule has 3 N–H and O–H groups in total. The number of nitrogens with zero attached hydrogens (tertiary/aromatic N) is 1. The van der Waals surface area contributed by atoms with Crippen LogP contribution in [0.3, 0.4) is 0 Å². The highest BCUT2D eigenvalue weighted by Crippen LogP contribution is 2.40. The third-order valence-corrected chi connectivity index (χ3v) is 2.80. The van der Waals surface area contributed by atoms with Crippen LogP contribution in [0.5, 0.6) is 11.5 Å². The molecule has 6 nitrogen and oxygen atoms in total. The van der Waals surface area contributed by atoms with Gasteiger partial charge in [-0.3, -0.25) is 5.10 Å². The molecule has 0 saturated carbocycles. The molecule has 0 unspecified atom stereocenters. The molecule has 0 aliphatic heterocycles. The lowest BCUT2D eigenvalue weighted by Crippen LogP contribution is -1.99. The largest absolute Gasteiger partial charge is 0.493 e. The number of benzene rings is 1. The van der Waals surface area contributed by atoms with E-state index in [-0.39, 0.29) is 0 Å². The first-order chi connectivity index (χ1) is 9.21. The molecule has 0 saturated heterocycles. The van der Waals surface area contributed by atoms with Crippen molar-refractivity contribution in [3.63, 3.8) is 0 Å². The molecule has 0 amide bonds. The van der Waals surface area contributed by atoms with Gasteiger partial charge in [-0.1, -0.05) is 6.07 Å². The Kier molecular flexibility index (Phi) is 3.91. The third-order valence-electron chi connectivity index (χ3n) is 2.80. The summed E-state index contributed by atoms with van der Waals surface area (Å²) in [5.74, 6) is 1.69. The lowest BCUT2D eigenvalue weighted by atomic mass is 10.0. The quantitative estimate of drug-likeness (QED) is 0.859. The highest BCUT2D eigenvalue weighted by atomic mass is 16.5. The minimum atomic E-state index is 0.420. The maximum atomic E-state index is 5.66. The first-order valence-electron chi connectivity index (χ1n) is 5.75. The van der Waals surface area contributed by atoms with Gasteiger partial charge in [0.05, 0.1) is 32.1 Å². The molecule has 102 valence electrons. The second-order valence-electron chi connectivity index (χ2n) is 3.97. The summed E-state index contributed by atoms with van der Waals surface area (Å²) in [7, 11) is 4.83. The number of hydrogen-bond acceptors (Lipinski definition) is 5. The summed E-state index contributed by atoms with van der Waals surface area (Å²) < 4.78 is 16.0. The van der Waals surface area contributed by atoms with Crippen molar-refractivity contribution < 1.29 is 14.2 Å². The van der Waals surface area contributed by atoms with Crippen molar-refractivity contribution >= 4 is 5.82 Å². The van der Waals surface area contributed by atoms with E-state index in [1.807, 2.05) is 12.1 Å². The lowest BCUT2D eigenvalue weighted by Gasteiger charge is -2.15. The van der Waals surface area contributed by atoms with Crippen LogP contribution in [-0.4, -0.2) is 31.5 Å². The third kappa shape index (κ3) is 2.48. The Bertz CT molecular complexity index is 566. The van der Waals surface area contributed by atoms with Crippen LogP contribution in [0.4, 0.5) is 5.82 Å². The van der Waals surface area contributed by atoms with Crippen LogP contribution in [-0.2, 0) is 11.3 Å². The minimum Gasteiger partial charge on any atom is -0.493 e. The topological polar surface area (TPSA) is 82.4 Å². The van der Waals surface area contributed by atoms with Gasteiger partial charge in [0, 0.05) is 13.2 Å². The number of aromatic nitrogens is 2. The second kappa shape index (κ2) is 5.62. The molecule has 0 spiro atoms. The monoisotopic (exact) mass is 263 g/mol. The summed E-state index contributed by atoms with van der Waals surface area (Å²) in [6.07, 6.45) is 0. The van der Waals surface area contributed by atoms with Crippen LogP contribution in [0.25, 0.3) is 11.3 Å². The first-order valence-corrected chi connectivity index (χ1v) is 5.75. The number of rotatable bonds is 5. The zero-order valence-electron chi connectivity index (χ0n) is 11.2. The molecule has 2 rings (SSSR count). The number of methoxy groups -OCH3 is 3. The lowest BCUT2D eigenvalue weighted by molar-refractivity contribution is 0.185. The number of H-pyrrole nitrogens is 1.